The number of carbonyl (C=O) groups excluding carboxylic acids is 3. The van der Waals surface area contributed by atoms with Crippen molar-refractivity contribution in [1.29, 1.82) is 0 Å². The van der Waals surface area contributed by atoms with Gasteiger partial charge in [0.15, 0.2) is 12.4 Å². The molecule has 3 aromatic rings. The Morgan fingerprint density at radius 2 is 1.31 bits per heavy atom. The largest absolute Gasteiger partial charge is 0.456 e. The van der Waals surface area contributed by atoms with Crippen LogP contribution >= 0.6 is 0 Å². The minimum Gasteiger partial charge on any atom is -0.456 e. The van der Waals surface area contributed by atoms with Crippen molar-refractivity contribution in [1.82, 2.24) is 5.32 Å². The van der Waals surface area contributed by atoms with E-state index in [4.69, 9.17) is 4.74 Å². The van der Waals surface area contributed by atoms with E-state index < -0.39 is 12.0 Å². The highest BCUT2D eigenvalue weighted by Gasteiger charge is 2.19. The van der Waals surface area contributed by atoms with Gasteiger partial charge in [-0.15, -0.1) is 0 Å². The molecule has 0 aliphatic heterocycles. The maximum atomic E-state index is 12.3. The molecule has 5 heteroatoms. The number of ketones is 1. The third-order valence-electron chi connectivity index (χ3n) is 4.40. The summed E-state index contributed by atoms with van der Waals surface area (Å²) in [5.41, 5.74) is 2.96. The van der Waals surface area contributed by atoms with Gasteiger partial charge in [0.2, 0.25) is 0 Å². The van der Waals surface area contributed by atoms with Gasteiger partial charge in [0.1, 0.15) is 6.04 Å². The van der Waals surface area contributed by atoms with E-state index in [0.29, 0.717) is 11.1 Å². The summed E-state index contributed by atoms with van der Waals surface area (Å²) in [6.07, 6.45) is 0. The van der Waals surface area contributed by atoms with E-state index in [1.54, 1.807) is 42.5 Å². The average Bonchev–Trinajstić information content (AvgIpc) is 2.78. The summed E-state index contributed by atoms with van der Waals surface area (Å²) in [4.78, 5) is 36.5. The SMILES string of the molecule is C[C@H](NC(=O)c1ccccc1)C(=O)OCC(=O)c1ccc(-c2ccccc2)cc1. The van der Waals surface area contributed by atoms with E-state index in [0.717, 1.165) is 11.1 Å². The lowest BCUT2D eigenvalue weighted by Gasteiger charge is -2.13. The quantitative estimate of drug-likeness (QED) is 0.493. The fourth-order valence-corrected chi connectivity index (χ4v) is 2.75. The van der Waals surface area contributed by atoms with Gasteiger partial charge in [0.25, 0.3) is 5.91 Å². The Labute approximate surface area is 169 Å². The van der Waals surface area contributed by atoms with Crippen molar-refractivity contribution in [3.05, 3.63) is 96.1 Å². The molecule has 0 heterocycles. The van der Waals surface area contributed by atoms with Gasteiger partial charge in [-0.1, -0.05) is 72.8 Å². The number of hydrogen-bond donors (Lipinski definition) is 1. The van der Waals surface area contributed by atoms with Crippen LogP contribution in [0.25, 0.3) is 11.1 Å². The summed E-state index contributed by atoms with van der Waals surface area (Å²) in [5, 5.41) is 2.56. The van der Waals surface area contributed by atoms with Gasteiger partial charge in [-0.3, -0.25) is 9.59 Å². The highest BCUT2D eigenvalue weighted by atomic mass is 16.5. The average molecular weight is 387 g/mol. The molecular weight excluding hydrogens is 366 g/mol. The molecule has 146 valence electrons. The highest BCUT2D eigenvalue weighted by Crippen LogP contribution is 2.19. The molecule has 0 aliphatic carbocycles. The van der Waals surface area contributed by atoms with E-state index in [1.807, 2.05) is 42.5 Å². The minimum atomic E-state index is -0.865. The summed E-state index contributed by atoms with van der Waals surface area (Å²) >= 11 is 0. The molecular formula is C24H21NO4. The maximum absolute atomic E-state index is 12.3. The molecule has 0 saturated carbocycles. The lowest BCUT2D eigenvalue weighted by atomic mass is 10.0. The molecule has 0 radical (unpaired) electrons. The summed E-state index contributed by atoms with van der Waals surface area (Å²) in [7, 11) is 0. The van der Waals surface area contributed by atoms with Crippen LogP contribution in [0.2, 0.25) is 0 Å². The molecule has 5 nitrogen and oxygen atoms in total. The molecule has 0 aromatic heterocycles. The van der Waals surface area contributed by atoms with Gasteiger partial charge in [0.05, 0.1) is 0 Å². The number of rotatable bonds is 7. The molecule has 29 heavy (non-hydrogen) atoms. The van der Waals surface area contributed by atoms with E-state index in [1.165, 1.54) is 6.92 Å². The van der Waals surface area contributed by atoms with Gasteiger partial charge in [-0.05, 0) is 30.2 Å². The fourth-order valence-electron chi connectivity index (χ4n) is 2.75. The second-order valence-electron chi connectivity index (χ2n) is 6.54. The van der Waals surface area contributed by atoms with Crippen LogP contribution in [-0.4, -0.2) is 30.3 Å². The summed E-state index contributed by atoms with van der Waals surface area (Å²) in [5.74, 6) is -1.35. The van der Waals surface area contributed by atoms with Gasteiger partial charge in [-0.25, -0.2) is 4.79 Å². The van der Waals surface area contributed by atoms with Crippen LogP contribution in [0.1, 0.15) is 27.6 Å². The zero-order valence-corrected chi connectivity index (χ0v) is 16.0. The Morgan fingerprint density at radius 3 is 1.93 bits per heavy atom. The molecule has 0 saturated heterocycles. The molecule has 0 spiro atoms. The first-order valence-electron chi connectivity index (χ1n) is 9.26. The standard InChI is InChI=1S/C24H21NO4/c1-17(25-23(27)21-10-6-3-7-11-21)24(28)29-16-22(26)20-14-12-19(13-15-20)18-8-4-2-5-9-18/h2-15,17H,16H2,1H3,(H,25,27)/t17-/m0/s1. The molecule has 0 bridgehead atoms. The molecule has 1 N–H and O–H groups in total. The zero-order chi connectivity index (χ0) is 20.6. The van der Waals surface area contributed by atoms with Crippen LogP contribution in [0.3, 0.4) is 0 Å². The van der Waals surface area contributed by atoms with Crippen molar-refractivity contribution in [2.24, 2.45) is 0 Å². The Kier molecular flexibility index (Phi) is 6.53. The van der Waals surface area contributed by atoms with Crippen LogP contribution in [-0.2, 0) is 9.53 Å². The van der Waals surface area contributed by atoms with Crippen LogP contribution in [0.5, 0.6) is 0 Å². The van der Waals surface area contributed by atoms with E-state index in [9.17, 15) is 14.4 Å². The topological polar surface area (TPSA) is 72.5 Å². The third kappa shape index (κ3) is 5.39. The Bertz CT molecular complexity index is 982. The monoisotopic (exact) mass is 387 g/mol. The van der Waals surface area contributed by atoms with Crippen molar-refractivity contribution in [3.8, 4) is 11.1 Å². The van der Waals surface area contributed by atoms with Gasteiger partial charge < -0.3 is 10.1 Å². The smallest absolute Gasteiger partial charge is 0.328 e. The van der Waals surface area contributed by atoms with Crippen molar-refractivity contribution in [2.75, 3.05) is 6.61 Å². The Morgan fingerprint density at radius 1 is 0.759 bits per heavy atom. The van der Waals surface area contributed by atoms with Crippen molar-refractivity contribution >= 4 is 17.7 Å². The molecule has 0 unspecified atom stereocenters. The molecule has 0 aliphatic rings. The summed E-state index contributed by atoms with van der Waals surface area (Å²) in [6, 6.07) is 24.6. The fraction of sp³-hybridized carbons (Fsp3) is 0.125. The lowest BCUT2D eigenvalue weighted by molar-refractivity contribution is -0.144. The second kappa shape index (κ2) is 9.46. The number of ether oxygens (including phenoxy) is 1. The Balaban J connectivity index is 1.52. The number of amides is 1. The van der Waals surface area contributed by atoms with Gasteiger partial charge in [0, 0.05) is 11.1 Å². The number of esters is 1. The van der Waals surface area contributed by atoms with Crippen LogP contribution in [0.4, 0.5) is 0 Å². The minimum absolute atomic E-state index is 0.306. The Hall–Kier alpha value is -3.73. The number of benzene rings is 3. The number of Topliss-reactive ketones (excluding diaryl/α,β-unsaturated/α-hetero) is 1. The molecule has 3 rings (SSSR count). The number of carbonyl (C=O) groups is 3. The summed E-state index contributed by atoms with van der Waals surface area (Å²) < 4.78 is 5.07. The van der Waals surface area contributed by atoms with Gasteiger partial charge in [-0.2, -0.15) is 0 Å². The molecule has 1 amide bonds. The zero-order valence-electron chi connectivity index (χ0n) is 16.0. The number of hydrogen-bond acceptors (Lipinski definition) is 4. The molecule has 1 atom stereocenters. The second-order valence-corrected chi connectivity index (χ2v) is 6.54. The van der Waals surface area contributed by atoms with E-state index in [-0.39, 0.29) is 18.3 Å². The van der Waals surface area contributed by atoms with Crippen LogP contribution in [0.15, 0.2) is 84.9 Å². The number of nitrogens with one attached hydrogen (secondary N) is 1. The molecule has 0 fully saturated rings. The van der Waals surface area contributed by atoms with Crippen molar-refractivity contribution in [3.63, 3.8) is 0 Å². The maximum Gasteiger partial charge on any atom is 0.328 e. The lowest BCUT2D eigenvalue weighted by Crippen LogP contribution is -2.40. The first-order chi connectivity index (χ1) is 14.0. The predicted octanol–water partition coefficient (Wildman–Crippen LogP) is 3.90. The first-order valence-corrected chi connectivity index (χ1v) is 9.26. The predicted molar refractivity (Wildman–Crippen MR) is 111 cm³/mol. The van der Waals surface area contributed by atoms with Crippen LogP contribution < -0.4 is 5.32 Å². The molecule has 3 aromatic carbocycles. The van der Waals surface area contributed by atoms with Crippen molar-refractivity contribution in [2.45, 2.75) is 13.0 Å². The highest BCUT2D eigenvalue weighted by molar-refractivity contribution is 5.99. The first kappa shape index (κ1) is 20.0. The van der Waals surface area contributed by atoms with Gasteiger partial charge >= 0.3 is 5.97 Å². The van der Waals surface area contributed by atoms with Crippen LogP contribution in [0, 0.1) is 0 Å². The normalized spacial score (nSPS) is 11.3. The summed E-state index contributed by atoms with van der Waals surface area (Å²) in [6.45, 7) is 1.14. The third-order valence-corrected chi connectivity index (χ3v) is 4.40. The van der Waals surface area contributed by atoms with Crippen molar-refractivity contribution < 1.29 is 19.1 Å². The van der Waals surface area contributed by atoms with E-state index >= 15 is 0 Å². The van der Waals surface area contributed by atoms with E-state index in [2.05, 4.69) is 5.32 Å².